The van der Waals surface area contributed by atoms with Gasteiger partial charge in [-0.15, -0.1) is 5.10 Å². The highest BCUT2D eigenvalue weighted by atomic mass is 79.9. The highest BCUT2D eigenvalue weighted by Crippen LogP contribution is 2.13. The molecule has 0 bridgehead atoms. The number of hydrogen-bond donors (Lipinski definition) is 0. The topological polar surface area (TPSA) is 52.8 Å². The molecule has 0 aliphatic heterocycles. The van der Waals surface area contributed by atoms with E-state index in [0.29, 0.717) is 6.73 Å². The SMILES string of the molecule is C[Si](C)(C)CCOCn1nnnc1CCc1cccc(Br)c1. The van der Waals surface area contributed by atoms with E-state index in [9.17, 15) is 0 Å². The lowest BCUT2D eigenvalue weighted by molar-refractivity contribution is 0.0750. The molecular weight excluding hydrogens is 360 g/mol. The van der Waals surface area contributed by atoms with Crippen molar-refractivity contribution >= 4 is 24.0 Å². The molecule has 0 aliphatic carbocycles. The van der Waals surface area contributed by atoms with E-state index in [1.165, 1.54) is 5.56 Å². The van der Waals surface area contributed by atoms with E-state index in [1.54, 1.807) is 4.68 Å². The normalized spacial score (nSPS) is 11.8. The number of tetrazole rings is 1. The van der Waals surface area contributed by atoms with Gasteiger partial charge in [-0.3, -0.25) is 0 Å². The summed E-state index contributed by atoms with van der Waals surface area (Å²) >= 11 is 3.49. The van der Waals surface area contributed by atoms with Gasteiger partial charge in [0, 0.05) is 25.6 Å². The maximum absolute atomic E-state index is 5.71. The van der Waals surface area contributed by atoms with Crippen LogP contribution in [0.5, 0.6) is 0 Å². The summed E-state index contributed by atoms with van der Waals surface area (Å²) < 4.78 is 8.56. The van der Waals surface area contributed by atoms with Crippen LogP contribution in [0.3, 0.4) is 0 Å². The summed E-state index contributed by atoms with van der Waals surface area (Å²) in [6.45, 7) is 8.25. The third-order valence-electron chi connectivity index (χ3n) is 3.34. The van der Waals surface area contributed by atoms with Crippen molar-refractivity contribution in [2.75, 3.05) is 6.61 Å². The molecule has 120 valence electrons. The second-order valence-corrected chi connectivity index (χ2v) is 13.1. The largest absolute Gasteiger partial charge is 0.359 e. The minimum atomic E-state index is -1.05. The molecule has 0 fully saturated rings. The summed E-state index contributed by atoms with van der Waals surface area (Å²) in [6.07, 6.45) is 1.72. The predicted molar refractivity (Wildman–Crippen MR) is 93.5 cm³/mol. The van der Waals surface area contributed by atoms with Crippen molar-refractivity contribution in [1.82, 2.24) is 20.2 Å². The van der Waals surface area contributed by atoms with Crippen molar-refractivity contribution in [3.05, 3.63) is 40.1 Å². The third-order valence-corrected chi connectivity index (χ3v) is 5.54. The quantitative estimate of drug-likeness (QED) is 0.517. The summed E-state index contributed by atoms with van der Waals surface area (Å²) in [4.78, 5) is 0. The van der Waals surface area contributed by atoms with Gasteiger partial charge in [-0.25, -0.2) is 4.68 Å². The monoisotopic (exact) mass is 382 g/mol. The standard InChI is InChI=1S/C15H23BrN4OSi/c1-22(2,3)10-9-21-12-20-15(17-18-19-20)8-7-13-5-4-6-14(16)11-13/h4-6,11H,7-10,12H2,1-3H3. The van der Waals surface area contributed by atoms with Gasteiger partial charge in [-0.2, -0.15) is 0 Å². The lowest BCUT2D eigenvalue weighted by Crippen LogP contribution is -2.22. The molecule has 0 spiro atoms. The molecule has 5 nitrogen and oxygen atoms in total. The highest BCUT2D eigenvalue weighted by Gasteiger charge is 2.12. The molecule has 0 N–H and O–H groups in total. The van der Waals surface area contributed by atoms with Gasteiger partial charge >= 0.3 is 0 Å². The Bertz CT molecular complexity index is 597. The maximum Gasteiger partial charge on any atom is 0.154 e. The Morgan fingerprint density at radius 1 is 1.23 bits per heavy atom. The van der Waals surface area contributed by atoms with Crippen molar-refractivity contribution in [1.29, 1.82) is 0 Å². The first kappa shape index (κ1) is 17.3. The van der Waals surface area contributed by atoms with E-state index in [1.807, 2.05) is 12.1 Å². The maximum atomic E-state index is 5.71. The lowest BCUT2D eigenvalue weighted by Gasteiger charge is -2.15. The van der Waals surface area contributed by atoms with Crippen LogP contribution in [-0.2, 0) is 24.3 Å². The number of aromatic nitrogens is 4. The van der Waals surface area contributed by atoms with E-state index in [2.05, 4.69) is 63.2 Å². The van der Waals surface area contributed by atoms with E-state index in [0.717, 1.165) is 35.8 Å². The molecular formula is C15H23BrN4OSi. The fourth-order valence-corrected chi connectivity index (χ4v) is 3.18. The van der Waals surface area contributed by atoms with Gasteiger partial charge in [-0.1, -0.05) is 47.7 Å². The van der Waals surface area contributed by atoms with Crippen molar-refractivity contribution in [3.8, 4) is 0 Å². The Morgan fingerprint density at radius 2 is 2.05 bits per heavy atom. The number of aryl methyl sites for hydroxylation is 2. The Balaban J connectivity index is 1.82. The van der Waals surface area contributed by atoms with Crippen LogP contribution < -0.4 is 0 Å². The van der Waals surface area contributed by atoms with Crippen LogP contribution >= 0.6 is 15.9 Å². The minimum Gasteiger partial charge on any atom is -0.359 e. The molecule has 2 rings (SSSR count). The fourth-order valence-electron chi connectivity index (χ4n) is 1.98. The Kier molecular flexibility index (Phi) is 6.28. The number of hydrogen-bond acceptors (Lipinski definition) is 4. The number of ether oxygens (including phenoxy) is 1. The van der Waals surface area contributed by atoms with E-state index < -0.39 is 8.07 Å². The average Bonchev–Trinajstić information content (AvgIpc) is 2.88. The molecule has 0 saturated carbocycles. The Hall–Kier alpha value is -1.05. The first-order valence-electron chi connectivity index (χ1n) is 7.51. The zero-order chi connectivity index (χ0) is 16.0. The van der Waals surface area contributed by atoms with Gasteiger partial charge in [0.15, 0.2) is 5.82 Å². The number of halogens is 1. The van der Waals surface area contributed by atoms with Crippen LogP contribution in [0.25, 0.3) is 0 Å². The summed E-state index contributed by atoms with van der Waals surface area (Å²) in [7, 11) is -1.05. The van der Waals surface area contributed by atoms with Gasteiger partial charge in [0.25, 0.3) is 0 Å². The van der Waals surface area contributed by atoms with Crippen molar-refractivity contribution in [2.24, 2.45) is 0 Å². The molecule has 2 aromatic rings. The van der Waals surface area contributed by atoms with Gasteiger partial charge in [-0.05, 0) is 40.6 Å². The Labute approximate surface area is 141 Å². The molecule has 0 saturated heterocycles. The smallest absolute Gasteiger partial charge is 0.154 e. The molecule has 7 heteroatoms. The molecule has 0 unspecified atom stereocenters. The van der Waals surface area contributed by atoms with E-state index >= 15 is 0 Å². The summed E-state index contributed by atoms with van der Waals surface area (Å²) in [5, 5.41) is 11.9. The highest BCUT2D eigenvalue weighted by molar-refractivity contribution is 9.10. The van der Waals surface area contributed by atoms with E-state index in [4.69, 9.17) is 4.74 Å². The first-order valence-corrected chi connectivity index (χ1v) is 12.0. The van der Waals surface area contributed by atoms with E-state index in [-0.39, 0.29) is 0 Å². The molecule has 0 atom stereocenters. The van der Waals surface area contributed by atoms with Crippen molar-refractivity contribution in [2.45, 2.75) is 45.3 Å². The molecule has 0 amide bonds. The second kappa shape index (κ2) is 7.98. The zero-order valence-corrected chi connectivity index (χ0v) is 16.0. The van der Waals surface area contributed by atoms with Crippen LogP contribution in [-0.4, -0.2) is 34.9 Å². The van der Waals surface area contributed by atoms with Crippen LogP contribution in [0.1, 0.15) is 11.4 Å². The summed E-state index contributed by atoms with van der Waals surface area (Å²) in [5.41, 5.74) is 1.27. The van der Waals surface area contributed by atoms with Crippen LogP contribution in [0.4, 0.5) is 0 Å². The molecule has 0 aliphatic rings. The molecule has 22 heavy (non-hydrogen) atoms. The number of nitrogens with zero attached hydrogens (tertiary/aromatic N) is 4. The van der Waals surface area contributed by atoms with Gasteiger partial charge in [0.1, 0.15) is 6.73 Å². The summed E-state index contributed by atoms with van der Waals surface area (Å²) in [6, 6.07) is 9.46. The van der Waals surface area contributed by atoms with Gasteiger partial charge in [0.2, 0.25) is 0 Å². The molecule has 1 aromatic heterocycles. The van der Waals surface area contributed by atoms with Gasteiger partial charge in [0.05, 0.1) is 0 Å². The van der Waals surface area contributed by atoms with Crippen LogP contribution in [0.2, 0.25) is 25.7 Å². The molecule has 1 heterocycles. The van der Waals surface area contributed by atoms with Crippen molar-refractivity contribution < 1.29 is 4.74 Å². The third kappa shape index (κ3) is 5.98. The van der Waals surface area contributed by atoms with Crippen LogP contribution in [0, 0.1) is 0 Å². The summed E-state index contributed by atoms with van der Waals surface area (Å²) in [5.74, 6) is 0.868. The average molecular weight is 383 g/mol. The number of benzene rings is 1. The molecule has 0 radical (unpaired) electrons. The lowest BCUT2D eigenvalue weighted by atomic mass is 10.1. The zero-order valence-electron chi connectivity index (χ0n) is 13.4. The Morgan fingerprint density at radius 3 is 2.77 bits per heavy atom. The fraction of sp³-hybridized carbons (Fsp3) is 0.533. The van der Waals surface area contributed by atoms with Gasteiger partial charge < -0.3 is 4.74 Å². The van der Waals surface area contributed by atoms with Crippen molar-refractivity contribution in [3.63, 3.8) is 0 Å². The predicted octanol–water partition coefficient (Wildman–Crippen LogP) is 3.53. The first-order chi connectivity index (χ1) is 10.4. The van der Waals surface area contributed by atoms with Crippen LogP contribution in [0.15, 0.2) is 28.7 Å². The minimum absolute atomic E-state index is 0.436. The number of rotatable bonds is 8. The molecule has 1 aromatic carbocycles. The second-order valence-electron chi connectivity index (χ2n) is 6.57.